The van der Waals surface area contributed by atoms with Crippen molar-refractivity contribution in [3.8, 4) is 5.69 Å². The molecule has 0 saturated heterocycles. The van der Waals surface area contributed by atoms with Crippen molar-refractivity contribution in [2.24, 2.45) is 0 Å². The van der Waals surface area contributed by atoms with E-state index in [0.29, 0.717) is 12.0 Å². The van der Waals surface area contributed by atoms with E-state index in [1.54, 1.807) is 12.4 Å². The Labute approximate surface area is 200 Å². The van der Waals surface area contributed by atoms with Crippen LogP contribution in [-0.2, 0) is 0 Å². The lowest BCUT2D eigenvalue weighted by Crippen LogP contribution is -2.20. The number of rotatable bonds is 9. The van der Waals surface area contributed by atoms with Gasteiger partial charge < -0.3 is 15.2 Å². The Kier molecular flexibility index (Phi) is 9.18. The predicted molar refractivity (Wildman–Crippen MR) is 140 cm³/mol. The molecule has 7 nitrogen and oxygen atoms in total. The molecule has 176 valence electrons. The molecule has 2 N–H and O–H groups in total. The summed E-state index contributed by atoms with van der Waals surface area (Å²) in [7, 11) is 0. The van der Waals surface area contributed by atoms with Crippen molar-refractivity contribution in [3.05, 3.63) is 48.5 Å². The van der Waals surface area contributed by atoms with Crippen LogP contribution in [0.2, 0.25) is 0 Å². The van der Waals surface area contributed by atoms with E-state index in [1.807, 2.05) is 37.4 Å². The zero-order valence-corrected chi connectivity index (χ0v) is 21.1. The Morgan fingerprint density at radius 1 is 1.06 bits per heavy atom. The van der Waals surface area contributed by atoms with Crippen molar-refractivity contribution in [2.45, 2.75) is 72.8 Å². The summed E-state index contributed by atoms with van der Waals surface area (Å²) >= 11 is 1.41. The normalized spacial score (nSPS) is 11.7. The lowest BCUT2D eigenvalue weighted by atomic mass is 10.1. The average Bonchev–Trinajstić information content (AvgIpc) is 3.43. The van der Waals surface area contributed by atoms with Crippen LogP contribution < -0.4 is 10.6 Å². The predicted octanol–water partition coefficient (Wildman–Crippen LogP) is 7.12. The largest absolute Gasteiger partial charge is 0.365 e. The van der Waals surface area contributed by atoms with Crippen molar-refractivity contribution in [1.82, 2.24) is 23.9 Å². The number of aryl methyl sites for hydroxylation is 1. The molecule has 1 unspecified atom stereocenters. The zero-order chi connectivity index (χ0) is 23.6. The summed E-state index contributed by atoms with van der Waals surface area (Å²) in [5.41, 5.74) is 3.88. The van der Waals surface area contributed by atoms with Crippen molar-refractivity contribution in [1.29, 1.82) is 0 Å². The molecule has 1 atom stereocenters. The van der Waals surface area contributed by atoms with E-state index in [-0.39, 0.29) is 0 Å². The summed E-state index contributed by atoms with van der Waals surface area (Å²) in [5, 5.41) is 7.94. The van der Waals surface area contributed by atoms with E-state index in [1.165, 1.54) is 30.8 Å². The molecular weight excluding hydrogens is 430 g/mol. The second-order valence-electron chi connectivity index (χ2n) is 8.08. The minimum Gasteiger partial charge on any atom is -0.365 e. The van der Waals surface area contributed by atoms with Gasteiger partial charge in [-0.05, 0) is 55.6 Å². The summed E-state index contributed by atoms with van der Waals surface area (Å²) in [5.74, 6) is 1.42. The van der Waals surface area contributed by atoms with Gasteiger partial charge in [-0.3, -0.25) is 4.98 Å². The van der Waals surface area contributed by atoms with Gasteiger partial charge in [-0.15, -0.1) is 0 Å². The maximum atomic E-state index is 4.87. The SMILES string of the molecule is CCC.CCCCC(CC)Nc1nc(Nc2cc(C)ns2)nc2ccn(-c3ccncc3)c12. The molecule has 0 bridgehead atoms. The van der Waals surface area contributed by atoms with Crippen LogP contribution in [0.4, 0.5) is 16.8 Å². The molecule has 4 aromatic heterocycles. The highest BCUT2D eigenvalue weighted by molar-refractivity contribution is 7.10. The van der Waals surface area contributed by atoms with E-state index in [2.05, 4.69) is 52.3 Å². The Morgan fingerprint density at radius 3 is 2.45 bits per heavy atom. The number of pyridine rings is 1. The summed E-state index contributed by atoms with van der Waals surface area (Å²) < 4.78 is 6.45. The van der Waals surface area contributed by atoms with Crippen LogP contribution in [0.5, 0.6) is 0 Å². The van der Waals surface area contributed by atoms with Gasteiger partial charge in [-0.2, -0.15) is 9.36 Å². The first-order chi connectivity index (χ1) is 16.1. The van der Waals surface area contributed by atoms with Gasteiger partial charge in [-0.1, -0.05) is 47.0 Å². The van der Waals surface area contributed by atoms with Crippen molar-refractivity contribution in [2.75, 3.05) is 10.6 Å². The third kappa shape index (κ3) is 6.51. The Bertz CT molecular complexity index is 1120. The highest BCUT2D eigenvalue weighted by Gasteiger charge is 2.17. The smallest absolute Gasteiger partial charge is 0.230 e. The third-order valence-electron chi connectivity index (χ3n) is 5.08. The zero-order valence-electron chi connectivity index (χ0n) is 20.3. The number of fused-ring (bicyclic) bond motifs is 1. The third-order valence-corrected chi connectivity index (χ3v) is 5.87. The molecule has 4 rings (SSSR count). The fourth-order valence-corrected chi connectivity index (χ4v) is 4.13. The van der Waals surface area contributed by atoms with E-state index in [4.69, 9.17) is 9.97 Å². The summed E-state index contributed by atoms with van der Waals surface area (Å²) in [6.45, 7) is 10.7. The highest BCUT2D eigenvalue weighted by atomic mass is 32.1. The van der Waals surface area contributed by atoms with Crippen molar-refractivity contribution < 1.29 is 0 Å². The van der Waals surface area contributed by atoms with Crippen LogP contribution in [0, 0.1) is 6.92 Å². The highest BCUT2D eigenvalue weighted by Crippen LogP contribution is 2.29. The molecule has 0 fully saturated rings. The quantitative estimate of drug-likeness (QED) is 0.274. The first-order valence-electron chi connectivity index (χ1n) is 11.9. The van der Waals surface area contributed by atoms with E-state index >= 15 is 0 Å². The first-order valence-corrected chi connectivity index (χ1v) is 12.6. The van der Waals surface area contributed by atoms with E-state index < -0.39 is 0 Å². The lowest BCUT2D eigenvalue weighted by molar-refractivity contribution is 0.592. The number of hydrogen-bond acceptors (Lipinski definition) is 7. The fourth-order valence-electron chi connectivity index (χ4n) is 3.48. The van der Waals surface area contributed by atoms with Crippen LogP contribution in [0.3, 0.4) is 0 Å². The first kappa shape index (κ1) is 24.6. The van der Waals surface area contributed by atoms with Crippen molar-refractivity contribution in [3.63, 3.8) is 0 Å². The van der Waals surface area contributed by atoms with Crippen LogP contribution in [-0.4, -0.2) is 29.9 Å². The molecule has 0 spiro atoms. The van der Waals surface area contributed by atoms with Gasteiger partial charge in [0.1, 0.15) is 10.5 Å². The Morgan fingerprint density at radius 2 is 1.82 bits per heavy atom. The number of aromatic nitrogens is 5. The van der Waals surface area contributed by atoms with Gasteiger partial charge >= 0.3 is 0 Å². The van der Waals surface area contributed by atoms with Crippen LogP contribution >= 0.6 is 11.5 Å². The maximum absolute atomic E-state index is 4.87. The van der Waals surface area contributed by atoms with Crippen molar-refractivity contribution >= 4 is 39.3 Å². The van der Waals surface area contributed by atoms with Gasteiger partial charge in [-0.25, -0.2) is 4.98 Å². The monoisotopic (exact) mass is 465 g/mol. The second-order valence-corrected chi connectivity index (χ2v) is 8.88. The number of unbranched alkanes of at least 4 members (excludes halogenated alkanes) is 1. The van der Waals surface area contributed by atoms with Gasteiger partial charge in [0.2, 0.25) is 5.95 Å². The summed E-state index contributed by atoms with van der Waals surface area (Å²) in [6.07, 6.45) is 11.4. The molecule has 8 heteroatoms. The standard InChI is InChI=1S/C22H27N7S.C3H8/c1-4-6-7-16(5-2)24-21-20-18(10-13-29(20)17-8-11-23-12-9-17)25-22(27-21)26-19-14-15(3)28-30-19;1-3-2/h8-14,16H,4-7H2,1-3H3,(H2,24,25,26,27);3H2,1-2H3. The molecule has 4 aromatic rings. The van der Waals surface area contributed by atoms with Crippen LogP contribution in [0.25, 0.3) is 16.7 Å². The minimum atomic E-state index is 0.363. The molecule has 0 saturated carbocycles. The molecule has 0 radical (unpaired) electrons. The minimum absolute atomic E-state index is 0.363. The Hall–Kier alpha value is -3.00. The van der Waals surface area contributed by atoms with Gasteiger partial charge in [0.25, 0.3) is 0 Å². The number of nitrogens with one attached hydrogen (secondary N) is 2. The topological polar surface area (TPSA) is 80.5 Å². The molecule has 33 heavy (non-hydrogen) atoms. The van der Waals surface area contributed by atoms with E-state index in [0.717, 1.165) is 46.1 Å². The maximum Gasteiger partial charge on any atom is 0.230 e. The number of anilines is 3. The number of hydrogen-bond donors (Lipinski definition) is 2. The van der Waals surface area contributed by atoms with Gasteiger partial charge in [0.15, 0.2) is 5.82 Å². The second kappa shape index (κ2) is 12.3. The summed E-state index contributed by atoms with van der Waals surface area (Å²) in [4.78, 5) is 13.8. The van der Waals surface area contributed by atoms with Gasteiger partial charge in [0, 0.05) is 30.3 Å². The molecular formula is C25H35N7S. The van der Waals surface area contributed by atoms with Crippen LogP contribution in [0.1, 0.15) is 65.5 Å². The summed E-state index contributed by atoms with van der Waals surface area (Å²) in [6, 6.07) is 8.37. The fraction of sp³-hybridized carbons (Fsp3) is 0.440. The van der Waals surface area contributed by atoms with E-state index in [9.17, 15) is 0 Å². The van der Waals surface area contributed by atoms with Gasteiger partial charge in [0.05, 0.1) is 11.2 Å². The van der Waals surface area contributed by atoms with Crippen LogP contribution in [0.15, 0.2) is 42.9 Å². The molecule has 0 aliphatic heterocycles. The molecule has 0 aliphatic rings. The Balaban J connectivity index is 0.000000968. The molecule has 0 aliphatic carbocycles. The molecule has 4 heterocycles. The lowest BCUT2D eigenvalue weighted by Gasteiger charge is -2.19. The molecule has 0 aromatic carbocycles. The average molecular weight is 466 g/mol. The number of nitrogens with zero attached hydrogens (tertiary/aromatic N) is 5. The molecule has 0 amide bonds.